The van der Waals surface area contributed by atoms with Crippen LogP contribution >= 0.6 is 0 Å². The normalized spacial score (nSPS) is 10.2. The summed E-state index contributed by atoms with van der Waals surface area (Å²) in [6.07, 6.45) is 3.40. The third kappa shape index (κ3) is 15.7. The van der Waals surface area contributed by atoms with Gasteiger partial charge in [-0.1, -0.05) is 20.3 Å². The first-order valence-corrected chi connectivity index (χ1v) is 3.17. The average molecular weight is 144 g/mol. The third-order valence-corrected chi connectivity index (χ3v) is 0.976. The Morgan fingerprint density at radius 3 is 2.00 bits per heavy atom. The zero-order valence-electron chi connectivity index (χ0n) is 6.29. The zero-order chi connectivity index (χ0) is 8.41. The Kier molecular flexibility index (Phi) is 12.9. The third-order valence-electron chi connectivity index (χ3n) is 0.976. The molecule has 0 aliphatic carbocycles. The van der Waals surface area contributed by atoms with Crippen LogP contribution in [0.25, 0.3) is 0 Å². The molecule has 0 saturated heterocycles. The van der Waals surface area contributed by atoms with Gasteiger partial charge in [0.2, 0.25) is 0 Å². The van der Waals surface area contributed by atoms with Crippen LogP contribution in [0.4, 0.5) is 0 Å². The van der Waals surface area contributed by atoms with E-state index < -0.39 is 0 Å². The second kappa shape index (κ2) is 10.9. The first-order chi connectivity index (χ1) is 4.72. The van der Waals surface area contributed by atoms with Crippen LogP contribution in [0.5, 0.6) is 0 Å². The summed E-state index contributed by atoms with van der Waals surface area (Å²) >= 11 is 0. The fourth-order valence-electron chi connectivity index (χ4n) is 0.523. The molecule has 3 nitrogen and oxygen atoms in total. The molecular formula is C7H12O3. The number of rotatable bonds is 3. The van der Waals surface area contributed by atoms with Gasteiger partial charge in [-0.15, -0.1) is 0 Å². The summed E-state index contributed by atoms with van der Waals surface area (Å²) in [6.45, 7) is 4.02. The molecule has 0 aromatic rings. The molecule has 0 aliphatic heterocycles. The molecule has 0 N–H and O–H groups in total. The van der Waals surface area contributed by atoms with Crippen molar-refractivity contribution in [2.75, 3.05) is 0 Å². The minimum absolute atomic E-state index is 0.250. The van der Waals surface area contributed by atoms with E-state index in [4.69, 9.17) is 9.59 Å². The van der Waals surface area contributed by atoms with Gasteiger partial charge in [-0.05, 0) is 6.42 Å². The van der Waals surface area contributed by atoms with Crippen LogP contribution in [0.3, 0.4) is 0 Å². The lowest BCUT2D eigenvalue weighted by Gasteiger charge is -1.94. The van der Waals surface area contributed by atoms with E-state index in [9.17, 15) is 4.79 Å². The quantitative estimate of drug-likeness (QED) is 0.556. The van der Waals surface area contributed by atoms with Gasteiger partial charge in [0.05, 0.1) is 0 Å². The van der Waals surface area contributed by atoms with E-state index in [1.807, 2.05) is 6.92 Å². The van der Waals surface area contributed by atoms with Crippen LogP contribution in [0.1, 0.15) is 26.7 Å². The standard InChI is InChI=1S/C6H12O.CO2/c1-3-4-6(2)5-7;2-1-3/h5-6H,3-4H2,1-2H3;/t6-;/m1./s1. The molecule has 0 aromatic carbocycles. The molecule has 0 unspecified atom stereocenters. The van der Waals surface area contributed by atoms with Crippen molar-refractivity contribution in [3.8, 4) is 0 Å². The van der Waals surface area contributed by atoms with E-state index in [0.29, 0.717) is 0 Å². The first-order valence-electron chi connectivity index (χ1n) is 3.17. The van der Waals surface area contributed by atoms with Gasteiger partial charge in [0, 0.05) is 5.92 Å². The summed E-state index contributed by atoms with van der Waals surface area (Å²) in [5.41, 5.74) is 0. The van der Waals surface area contributed by atoms with Gasteiger partial charge in [-0.3, -0.25) is 0 Å². The summed E-state index contributed by atoms with van der Waals surface area (Å²) in [5.74, 6) is 0.269. The van der Waals surface area contributed by atoms with E-state index >= 15 is 0 Å². The summed E-state index contributed by atoms with van der Waals surface area (Å²) < 4.78 is 0. The first kappa shape index (κ1) is 11.8. The van der Waals surface area contributed by atoms with Crippen molar-refractivity contribution in [2.24, 2.45) is 5.92 Å². The highest BCUT2D eigenvalue weighted by atomic mass is 16.2. The molecular weight excluding hydrogens is 132 g/mol. The number of carbonyl (C=O) groups is 1. The van der Waals surface area contributed by atoms with Crippen molar-refractivity contribution in [3.05, 3.63) is 0 Å². The Balaban J connectivity index is 0. The van der Waals surface area contributed by atoms with Crippen molar-refractivity contribution in [1.82, 2.24) is 0 Å². The molecule has 0 aromatic heterocycles. The van der Waals surface area contributed by atoms with E-state index in [1.54, 1.807) is 0 Å². The molecule has 0 heterocycles. The molecule has 0 amide bonds. The number of aldehydes is 1. The SMILES string of the molecule is CCC[C@@H](C)C=O.O=C=O. The van der Waals surface area contributed by atoms with Crippen LogP contribution in [0.2, 0.25) is 0 Å². The molecule has 58 valence electrons. The maximum Gasteiger partial charge on any atom is 0.373 e. The topological polar surface area (TPSA) is 51.2 Å². The van der Waals surface area contributed by atoms with Crippen LogP contribution in [0.15, 0.2) is 0 Å². The monoisotopic (exact) mass is 144 g/mol. The molecule has 0 spiro atoms. The predicted molar refractivity (Wildman–Crippen MR) is 35.1 cm³/mol. The summed E-state index contributed by atoms with van der Waals surface area (Å²) in [4.78, 5) is 26.1. The Morgan fingerprint density at radius 1 is 1.50 bits per heavy atom. The smallest absolute Gasteiger partial charge is 0.303 e. The minimum Gasteiger partial charge on any atom is -0.303 e. The predicted octanol–water partition coefficient (Wildman–Crippen LogP) is 1.04. The number of hydrogen-bond acceptors (Lipinski definition) is 3. The maximum absolute atomic E-state index is 9.89. The Labute approximate surface area is 60.4 Å². The lowest BCUT2D eigenvalue weighted by atomic mass is 10.1. The van der Waals surface area contributed by atoms with E-state index in [-0.39, 0.29) is 12.1 Å². The molecule has 0 rings (SSSR count). The Morgan fingerprint density at radius 2 is 1.90 bits per heavy atom. The van der Waals surface area contributed by atoms with Crippen LogP contribution in [-0.2, 0) is 14.4 Å². The largest absolute Gasteiger partial charge is 0.373 e. The van der Waals surface area contributed by atoms with E-state index in [2.05, 4.69) is 6.92 Å². The molecule has 3 heteroatoms. The van der Waals surface area contributed by atoms with Crippen LogP contribution in [0, 0.1) is 5.92 Å². The highest BCUT2D eigenvalue weighted by Crippen LogP contribution is 1.98. The summed E-state index contributed by atoms with van der Waals surface area (Å²) in [6, 6.07) is 0. The molecule has 0 fully saturated rings. The molecule has 0 bridgehead atoms. The summed E-state index contributed by atoms with van der Waals surface area (Å²) in [7, 11) is 0. The fourth-order valence-corrected chi connectivity index (χ4v) is 0.523. The van der Waals surface area contributed by atoms with Gasteiger partial charge < -0.3 is 4.79 Å². The lowest BCUT2D eigenvalue weighted by Crippen LogP contribution is -1.92. The highest BCUT2D eigenvalue weighted by Gasteiger charge is 1.93. The highest BCUT2D eigenvalue weighted by molar-refractivity contribution is 5.52. The van der Waals surface area contributed by atoms with Crippen molar-refractivity contribution in [3.63, 3.8) is 0 Å². The molecule has 0 aliphatic rings. The van der Waals surface area contributed by atoms with Gasteiger partial charge in [0.15, 0.2) is 0 Å². The lowest BCUT2D eigenvalue weighted by molar-refractivity contribution is -0.191. The van der Waals surface area contributed by atoms with Gasteiger partial charge in [-0.2, -0.15) is 9.59 Å². The van der Waals surface area contributed by atoms with Gasteiger partial charge in [0.25, 0.3) is 0 Å². The van der Waals surface area contributed by atoms with Crippen molar-refractivity contribution >= 4 is 12.4 Å². The fraction of sp³-hybridized carbons (Fsp3) is 0.714. The maximum atomic E-state index is 9.89. The number of carbonyl (C=O) groups excluding carboxylic acids is 3. The van der Waals surface area contributed by atoms with Gasteiger partial charge in [0.1, 0.15) is 6.29 Å². The Bertz CT molecular complexity index is 103. The second-order valence-electron chi connectivity index (χ2n) is 1.99. The van der Waals surface area contributed by atoms with Crippen molar-refractivity contribution in [2.45, 2.75) is 26.7 Å². The zero-order valence-corrected chi connectivity index (χ0v) is 6.29. The van der Waals surface area contributed by atoms with Crippen molar-refractivity contribution in [1.29, 1.82) is 0 Å². The molecule has 1 atom stereocenters. The van der Waals surface area contributed by atoms with E-state index in [1.165, 1.54) is 0 Å². The van der Waals surface area contributed by atoms with Gasteiger partial charge >= 0.3 is 6.15 Å². The molecule has 10 heavy (non-hydrogen) atoms. The number of hydrogen-bond donors (Lipinski definition) is 0. The van der Waals surface area contributed by atoms with Crippen molar-refractivity contribution < 1.29 is 14.4 Å². The average Bonchev–Trinajstić information content (AvgIpc) is 1.90. The van der Waals surface area contributed by atoms with Crippen LogP contribution < -0.4 is 0 Å². The van der Waals surface area contributed by atoms with E-state index in [0.717, 1.165) is 19.1 Å². The van der Waals surface area contributed by atoms with Crippen LogP contribution in [-0.4, -0.2) is 12.4 Å². The summed E-state index contributed by atoms with van der Waals surface area (Å²) in [5, 5.41) is 0. The second-order valence-corrected chi connectivity index (χ2v) is 1.99. The minimum atomic E-state index is 0.250. The molecule has 0 saturated carbocycles. The Hall–Kier alpha value is -0.950. The van der Waals surface area contributed by atoms with Gasteiger partial charge in [-0.25, -0.2) is 0 Å². The molecule has 0 radical (unpaired) electrons.